The van der Waals surface area contributed by atoms with Gasteiger partial charge < -0.3 is 4.74 Å². The summed E-state index contributed by atoms with van der Waals surface area (Å²) in [4.78, 5) is 12.4. The largest absolute Gasteiger partial charge is 0.497 e. The summed E-state index contributed by atoms with van der Waals surface area (Å²) < 4.78 is 7.08. The van der Waals surface area contributed by atoms with Crippen molar-refractivity contribution in [2.45, 2.75) is 19.9 Å². The molecule has 2 aromatic rings. The predicted octanol–water partition coefficient (Wildman–Crippen LogP) is 2.74. The molecule has 2 rings (SSSR count). The van der Waals surface area contributed by atoms with Crippen molar-refractivity contribution in [3.05, 3.63) is 59.9 Å². The molecule has 0 aliphatic carbocycles. The van der Waals surface area contributed by atoms with E-state index in [2.05, 4.69) is 0 Å². The zero-order valence-electron chi connectivity index (χ0n) is 11.5. The van der Waals surface area contributed by atoms with Crippen molar-refractivity contribution >= 4 is 5.78 Å². The van der Waals surface area contributed by atoms with E-state index in [-0.39, 0.29) is 11.8 Å². The monoisotopic (exact) mass is 256 g/mol. The Balaban J connectivity index is 2.26. The molecule has 1 heterocycles. The maximum atomic E-state index is 12.4. The molecule has 1 unspecified atom stereocenters. The Kier molecular flexibility index (Phi) is 3.95. The van der Waals surface area contributed by atoms with Crippen LogP contribution in [0.1, 0.15) is 29.0 Å². The number of ether oxygens (including phenoxy) is 1. The van der Waals surface area contributed by atoms with E-state index in [4.69, 9.17) is 4.74 Å². The van der Waals surface area contributed by atoms with Crippen LogP contribution in [0.15, 0.2) is 48.7 Å². The summed E-state index contributed by atoms with van der Waals surface area (Å²) in [5, 5.41) is 0. The number of aromatic nitrogens is 1. The van der Waals surface area contributed by atoms with Crippen molar-refractivity contribution in [3.63, 3.8) is 0 Å². The molecule has 3 heteroatoms. The summed E-state index contributed by atoms with van der Waals surface area (Å²) >= 11 is 0. The average Bonchev–Trinajstić information content (AvgIpc) is 2.46. The van der Waals surface area contributed by atoms with Crippen molar-refractivity contribution in [2.24, 2.45) is 0 Å². The van der Waals surface area contributed by atoms with Crippen LogP contribution in [0.5, 0.6) is 5.75 Å². The van der Waals surface area contributed by atoms with Crippen LogP contribution in [0.2, 0.25) is 0 Å². The summed E-state index contributed by atoms with van der Waals surface area (Å²) in [6.45, 7) is 3.91. The third-order valence-electron chi connectivity index (χ3n) is 3.27. The Morgan fingerprint density at radius 2 is 1.84 bits per heavy atom. The number of rotatable bonds is 4. The first-order chi connectivity index (χ1) is 9.13. The minimum absolute atomic E-state index is 0.0990. The molecule has 0 spiro atoms. The standard InChI is InChI=1S/C16H18NO2/c1-12-6-4-5-11-17(12)13(2)16(18)14-7-9-15(19-3)10-8-14/h4-11,13H,1-3H3/q+1. The fraction of sp³-hybridized carbons (Fsp3) is 0.250. The molecule has 0 N–H and O–H groups in total. The van der Waals surface area contributed by atoms with Gasteiger partial charge >= 0.3 is 0 Å². The van der Waals surface area contributed by atoms with Gasteiger partial charge in [-0.1, -0.05) is 6.07 Å². The Morgan fingerprint density at radius 3 is 2.42 bits per heavy atom. The molecular formula is C16H18NO2+. The lowest BCUT2D eigenvalue weighted by Crippen LogP contribution is -2.44. The third kappa shape index (κ3) is 2.81. The van der Waals surface area contributed by atoms with Crippen molar-refractivity contribution in [1.82, 2.24) is 0 Å². The highest BCUT2D eigenvalue weighted by Gasteiger charge is 2.24. The van der Waals surface area contributed by atoms with Crippen LogP contribution in [0, 0.1) is 6.92 Å². The number of ketones is 1. The molecule has 0 radical (unpaired) electrons. The van der Waals surface area contributed by atoms with E-state index in [0.29, 0.717) is 5.56 Å². The minimum atomic E-state index is -0.213. The van der Waals surface area contributed by atoms with Crippen LogP contribution in [-0.2, 0) is 0 Å². The lowest BCUT2D eigenvalue weighted by molar-refractivity contribution is -0.710. The number of Topliss-reactive ketones (excluding diaryl/α,β-unsaturated/α-hetero) is 1. The summed E-state index contributed by atoms with van der Waals surface area (Å²) in [5.41, 5.74) is 1.76. The lowest BCUT2D eigenvalue weighted by Gasteiger charge is -2.09. The number of methoxy groups -OCH3 is 1. The van der Waals surface area contributed by atoms with E-state index in [1.165, 1.54) is 0 Å². The van der Waals surface area contributed by atoms with E-state index in [1.807, 2.05) is 54.9 Å². The second-order valence-electron chi connectivity index (χ2n) is 4.52. The maximum Gasteiger partial charge on any atom is 0.230 e. The zero-order chi connectivity index (χ0) is 13.8. The number of hydrogen-bond donors (Lipinski definition) is 0. The minimum Gasteiger partial charge on any atom is -0.497 e. The highest BCUT2D eigenvalue weighted by atomic mass is 16.5. The van der Waals surface area contributed by atoms with Gasteiger partial charge in [0.05, 0.1) is 7.11 Å². The van der Waals surface area contributed by atoms with E-state index in [1.54, 1.807) is 19.2 Å². The highest BCUT2D eigenvalue weighted by Crippen LogP contribution is 2.15. The van der Waals surface area contributed by atoms with Crippen molar-refractivity contribution in [1.29, 1.82) is 0 Å². The average molecular weight is 256 g/mol. The number of carbonyl (C=O) groups is 1. The molecular weight excluding hydrogens is 238 g/mol. The van der Waals surface area contributed by atoms with Gasteiger partial charge in [-0.15, -0.1) is 0 Å². The normalized spacial score (nSPS) is 11.9. The number of hydrogen-bond acceptors (Lipinski definition) is 2. The Labute approximate surface area is 113 Å². The first kappa shape index (κ1) is 13.3. The Hall–Kier alpha value is -2.16. The van der Waals surface area contributed by atoms with Crippen LogP contribution in [0.25, 0.3) is 0 Å². The smallest absolute Gasteiger partial charge is 0.230 e. The predicted molar refractivity (Wildman–Crippen MR) is 73.4 cm³/mol. The van der Waals surface area contributed by atoms with Crippen molar-refractivity contribution in [2.75, 3.05) is 7.11 Å². The quantitative estimate of drug-likeness (QED) is 0.622. The highest BCUT2D eigenvalue weighted by molar-refractivity contribution is 5.97. The Bertz CT molecular complexity index is 576. The lowest BCUT2D eigenvalue weighted by atomic mass is 10.0. The Morgan fingerprint density at radius 1 is 1.16 bits per heavy atom. The molecule has 98 valence electrons. The van der Waals surface area contributed by atoms with E-state index in [0.717, 1.165) is 11.4 Å². The van der Waals surface area contributed by atoms with Crippen LogP contribution < -0.4 is 9.30 Å². The second kappa shape index (κ2) is 5.65. The molecule has 0 aliphatic heterocycles. The van der Waals surface area contributed by atoms with Crippen molar-refractivity contribution in [3.8, 4) is 5.75 Å². The van der Waals surface area contributed by atoms with Gasteiger partial charge in [-0.25, -0.2) is 0 Å². The van der Waals surface area contributed by atoms with E-state index < -0.39 is 0 Å². The SMILES string of the molecule is COc1ccc(C(=O)C(C)[n+]2ccccc2C)cc1. The third-order valence-corrected chi connectivity index (χ3v) is 3.27. The number of nitrogens with zero attached hydrogens (tertiary/aromatic N) is 1. The molecule has 0 amide bonds. The number of aryl methyl sites for hydroxylation is 1. The van der Waals surface area contributed by atoms with Crippen LogP contribution in [0.3, 0.4) is 0 Å². The van der Waals surface area contributed by atoms with Gasteiger partial charge in [0.1, 0.15) is 5.75 Å². The molecule has 0 fully saturated rings. The molecule has 1 aromatic heterocycles. The van der Waals surface area contributed by atoms with E-state index >= 15 is 0 Å². The van der Waals surface area contributed by atoms with Gasteiger partial charge in [0.2, 0.25) is 11.8 Å². The van der Waals surface area contributed by atoms with Crippen LogP contribution >= 0.6 is 0 Å². The van der Waals surface area contributed by atoms with Crippen LogP contribution in [0.4, 0.5) is 0 Å². The fourth-order valence-electron chi connectivity index (χ4n) is 2.10. The molecule has 0 saturated carbocycles. The van der Waals surface area contributed by atoms with Crippen molar-refractivity contribution < 1.29 is 14.1 Å². The van der Waals surface area contributed by atoms with Gasteiger partial charge in [-0.2, -0.15) is 4.57 Å². The van der Waals surface area contributed by atoms with Gasteiger partial charge in [-0.05, 0) is 24.3 Å². The number of carbonyl (C=O) groups excluding carboxylic acids is 1. The summed E-state index contributed by atoms with van der Waals surface area (Å²) in [6.07, 6.45) is 1.93. The summed E-state index contributed by atoms with van der Waals surface area (Å²) in [5.74, 6) is 0.856. The molecule has 0 bridgehead atoms. The fourth-order valence-corrected chi connectivity index (χ4v) is 2.10. The summed E-state index contributed by atoms with van der Waals surface area (Å²) in [7, 11) is 1.61. The zero-order valence-corrected chi connectivity index (χ0v) is 11.5. The first-order valence-electron chi connectivity index (χ1n) is 6.28. The molecule has 3 nitrogen and oxygen atoms in total. The molecule has 1 atom stereocenters. The van der Waals surface area contributed by atoms with Gasteiger partial charge in [0.15, 0.2) is 11.9 Å². The topological polar surface area (TPSA) is 30.2 Å². The second-order valence-corrected chi connectivity index (χ2v) is 4.52. The van der Waals surface area contributed by atoms with Gasteiger partial charge in [0.25, 0.3) is 0 Å². The summed E-state index contributed by atoms with van der Waals surface area (Å²) in [6, 6.07) is 12.9. The molecule has 19 heavy (non-hydrogen) atoms. The van der Waals surface area contributed by atoms with Crippen LogP contribution in [-0.4, -0.2) is 12.9 Å². The number of pyridine rings is 1. The van der Waals surface area contributed by atoms with Gasteiger partial charge in [0, 0.05) is 31.5 Å². The first-order valence-corrected chi connectivity index (χ1v) is 6.28. The maximum absolute atomic E-state index is 12.4. The van der Waals surface area contributed by atoms with E-state index in [9.17, 15) is 4.79 Å². The molecule has 1 aromatic carbocycles. The number of benzene rings is 1. The molecule has 0 aliphatic rings. The van der Waals surface area contributed by atoms with Gasteiger partial charge in [-0.3, -0.25) is 4.79 Å². The molecule has 0 saturated heterocycles.